The van der Waals surface area contributed by atoms with E-state index in [0.29, 0.717) is 6.54 Å². The third-order valence-corrected chi connectivity index (χ3v) is 3.46. The fraction of sp³-hybridized carbons (Fsp3) is 0.533. The molecule has 0 saturated carbocycles. The van der Waals surface area contributed by atoms with E-state index in [0.717, 1.165) is 24.7 Å². The average molecular weight is 313 g/mol. The molecule has 0 spiro atoms. The maximum Gasteiger partial charge on any atom is 0.191 e. The second kappa shape index (κ2) is 10.3. The monoisotopic (exact) mass is 313 g/mol. The van der Waals surface area contributed by atoms with Gasteiger partial charge in [0, 0.05) is 13.6 Å². The molecule has 118 valence electrons. The molecule has 1 aromatic carbocycles. The van der Waals surface area contributed by atoms with Gasteiger partial charge < -0.3 is 15.4 Å². The van der Waals surface area contributed by atoms with E-state index in [1.807, 2.05) is 18.7 Å². The molecular weight excluding hydrogens is 289 g/mol. The number of thioether (sulfide) groups is 1. The van der Waals surface area contributed by atoms with Gasteiger partial charge in [-0.15, -0.1) is 0 Å². The quantitative estimate of drug-likeness (QED) is 0.440. The van der Waals surface area contributed by atoms with Gasteiger partial charge in [-0.25, -0.2) is 4.39 Å². The number of guanidine groups is 1. The van der Waals surface area contributed by atoms with Crippen molar-refractivity contribution in [3.8, 4) is 5.75 Å². The highest BCUT2D eigenvalue weighted by atomic mass is 32.2. The van der Waals surface area contributed by atoms with Gasteiger partial charge in [-0.2, -0.15) is 11.8 Å². The molecule has 21 heavy (non-hydrogen) atoms. The number of ether oxygens (including phenoxy) is 1. The normalized spacial score (nSPS) is 12.9. The molecule has 0 amide bonds. The first kappa shape index (κ1) is 17.6. The summed E-state index contributed by atoms with van der Waals surface area (Å²) in [7, 11) is 1.73. The number of para-hydroxylation sites is 1. The molecule has 2 N–H and O–H groups in total. The summed E-state index contributed by atoms with van der Waals surface area (Å²) in [4.78, 5) is 4.14. The van der Waals surface area contributed by atoms with Crippen LogP contribution in [-0.4, -0.2) is 44.2 Å². The molecule has 0 aliphatic carbocycles. The zero-order valence-electron chi connectivity index (χ0n) is 12.9. The van der Waals surface area contributed by atoms with Crippen molar-refractivity contribution in [3.05, 3.63) is 30.1 Å². The number of hydrogen-bond donors (Lipinski definition) is 2. The van der Waals surface area contributed by atoms with Crippen molar-refractivity contribution in [1.82, 2.24) is 10.6 Å². The summed E-state index contributed by atoms with van der Waals surface area (Å²) < 4.78 is 19.0. The van der Waals surface area contributed by atoms with Gasteiger partial charge >= 0.3 is 0 Å². The topological polar surface area (TPSA) is 45.7 Å². The molecule has 0 aromatic heterocycles. The van der Waals surface area contributed by atoms with Crippen molar-refractivity contribution in [2.45, 2.75) is 19.4 Å². The Morgan fingerprint density at radius 1 is 1.38 bits per heavy atom. The molecular formula is C15H24FN3OS. The van der Waals surface area contributed by atoms with E-state index < -0.39 is 0 Å². The standard InChI is InChI=1S/C15H24FN3OS/c1-12(20-14-8-5-4-7-13(14)16)11-19-15(17-2)18-9-6-10-21-3/h4-5,7-8,12H,6,9-11H2,1-3H3,(H2,17,18,19). The Balaban J connectivity index is 2.31. The molecule has 0 heterocycles. The Kier molecular flexibility index (Phi) is 8.66. The Morgan fingerprint density at radius 2 is 2.14 bits per heavy atom. The Hall–Kier alpha value is -1.43. The van der Waals surface area contributed by atoms with Gasteiger partial charge in [0.2, 0.25) is 0 Å². The molecule has 0 aliphatic heterocycles. The minimum absolute atomic E-state index is 0.161. The molecule has 0 bridgehead atoms. The van der Waals surface area contributed by atoms with Crippen LogP contribution in [0.25, 0.3) is 0 Å². The highest BCUT2D eigenvalue weighted by Gasteiger charge is 2.08. The van der Waals surface area contributed by atoms with E-state index in [9.17, 15) is 4.39 Å². The lowest BCUT2D eigenvalue weighted by molar-refractivity contribution is 0.214. The number of halogens is 1. The summed E-state index contributed by atoms with van der Waals surface area (Å²) >= 11 is 1.83. The van der Waals surface area contributed by atoms with Gasteiger partial charge in [0.05, 0.1) is 6.54 Å². The first-order valence-corrected chi connectivity index (χ1v) is 8.41. The molecule has 0 aliphatic rings. The van der Waals surface area contributed by atoms with Gasteiger partial charge in [-0.05, 0) is 37.5 Å². The summed E-state index contributed by atoms with van der Waals surface area (Å²) in [6.45, 7) is 3.32. The van der Waals surface area contributed by atoms with Gasteiger partial charge in [-0.3, -0.25) is 4.99 Å². The van der Waals surface area contributed by atoms with Gasteiger partial charge in [0.25, 0.3) is 0 Å². The maximum absolute atomic E-state index is 13.5. The number of nitrogens with one attached hydrogen (secondary N) is 2. The van der Waals surface area contributed by atoms with Crippen LogP contribution in [0.1, 0.15) is 13.3 Å². The van der Waals surface area contributed by atoms with Crippen LogP contribution in [0.3, 0.4) is 0 Å². The van der Waals surface area contributed by atoms with E-state index in [1.165, 1.54) is 6.07 Å². The number of nitrogens with zero attached hydrogens (tertiary/aromatic N) is 1. The highest BCUT2D eigenvalue weighted by molar-refractivity contribution is 7.98. The van der Waals surface area contributed by atoms with Gasteiger partial charge in [-0.1, -0.05) is 12.1 Å². The maximum atomic E-state index is 13.5. The Labute approximate surface area is 130 Å². The van der Waals surface area contributed by atoms with E-state index in [2.05, 4.69) is 21.9 Å². The van der Waals surface area contributed by atoms with Crippen LogP contribution in [0.5, 0.6) is 5.75 Å². The number of hydrogen-bond acceptors (Lipinski definition) is 3. The van der Waals surface area contributed by atoms with Crippen molar-refractivity contribution >= 4 is 17.7 Å². The predicted octanol–water partition coefficient (Wildman–Crippen LogP) is 2.51. The molecule has 6 heteroatoms. The molecule has 1 unspecified atom stereocenters. The van der Waals surface area contributed by atoms with Crippen LogP contribution >= 0.6 is 11.8 Å². The van der Waals surface area contributed by atoms with Crippen LogP contribution < -0.4 is 15.4 Å². The summed E-state index contributed by atoms with van der Waals surface area (Å²) in [5.74, 6) is 1.79. The van der Waals surface area contributed by atoms with Crippen molar-refractivity contribution in [3.63, 3.8) is 0 Å². The second-order valence-electron chi connectivity index (χ2n) is 4.59. The van der Waals surface area contributed by atoms with Crippen LogP contribution in [-0.2, 0) is 0 Å². The summed E-state index contributed by atoms with van der Waals surface area (Å²) in [6, 6.07) is 6.42. The average Bonchev–Trinajstić information content (AvgIpc) is 2.49. The molecule has 4 nitrogen and oxygen atoms in total. The van der Waals surface area contributed by atoms with Crippen molar-refractivity contribution in [1.29, 1.82) is 0 Å². The molecule has 0 fully saturated rings. The first-order chi connectivity index (χ1) is 10.2. The molecule has 1 atom stereocenters. The van der Waals surface area contributed by atoms with E-state index in [-0.39, 0.29) is 17.7 Å². The number of benzene rings is 1. The first-order valence-electron chi connectivity index (χ1n) is 7.02. The third kappa shape index (κ3) is 7.22. The lowest BCUT2D eigenvalue weighted by Crippen LogP contribution is -2.42. The van der Waals surface area contributed by atoms with Crippen LogP contribution in [0.15, 0.2) is 29.3 Å². The van der Waals surface area contributed by atoms with E-state index >= 15 is 0 Å². The van der Waals surface area contributed by atoms with Crippen LogP contribution in [0, 0.1) is 5.82 Å². The zero-order chi connectivity index (χ0) is 15.5. The van der Waals surface area contributed by atoms with Crippen molar-refractivity contribution in [2.75, 3.05) is 32.1 Å². The second-order valence-corrected chi connectivity index (χ2v) is 5.57. The summed E-state index contributed by atoms with van der Waals surface area (Å²) in [6.07, 6.45) is 3.02. The predicted molar refractivity (Wildman–Crippen MR) is 88.9 cm³/mol. The number of rotatable bonds is 8. The fourth-order valence-corrected chi connectivity index (χ4v) is 2.12. The smallest absolute Gasteiger partial charge is 0.191 e. The lowest BCUT2D eigenvalue weighted by atomic mass is 10.3. The lowest BCUT2D eigenvalue weighted by Gasteiger charge is -2.18. The number of aliphatic imine (C=N–C) groups is 1. The van der Waals surface area contributed by atoms with Crippen molar-refractivity contribution < 1.29 is 9.13 Å². The summed E-state index contributed by atoms with van der Waals surface area (Å²) in [5, 5.41) is 6.40. The minimum Gasteiger partial charge on any atom is -0.486 e. The van der Waals surface area contributed by atoms with Crippen LogP contribution in [0.2, 0.25) is 0 Å². The minimum atomic E-state index is -0.344. The molecule has 1 rings (SSSR count). The van der Waals surface area contributed by atoms with Crippen molar-refractivity contribution in [2.24, 2.45) is 4.99 Å². The Bertz CT molecular complexity index is 443. The van der Waals surface area contributed by atoms with Crippen LogP contribution in [0.4, 0.5) is 4.39 Å². The SMILES string of the molecule is CN=C(NCCCSC)NCC(C)Oc1ccccc1F. The molecule has 0 radical (unpaired) electrons. The Morgan fingerprint density at radius 3 is 2.81 bits per heavy atom. The van der Waals surface area contributed by atoms with Gasteiger partial charge in [0.1, 0.15) is 6.10 Å². The summed E-state index contributed by atoms with van der Waals surface area (Å²) in [5.41, 5.74) is 0. The van der Waals surface area contributed by atoms with E-state index in [4.69, 9.17) is 4.74 Å². The highest BCUT2D eigenvalue weighted by Crippen LogP contribution is 2.16. The fourth-order valence-electron chi connectivity index (χ4n) is 1.68. The molecule has 1 aromatic rings. The largest absolute Gasteiger partial charge is 0.486 e. The van der Waals surface area contributed by atoms with Gasteiger partial charge in [0.15, 0.2) is 17.5 Å². The van der Waals surface area contributed by atoms with E-state index in [1.54, 1.807) is 25.2 Å². The zero-order valence-corrected chi connectivity index (χ0v) is 13.7. The third-order valence-electron chi connectivity index (χ3n) is 2.76. The molecule has 0 saturated heterocycles.